The summed E-state index contributed by atoms with van der Waals surface area (Å²) >= 11 is 9.23. The molecule has 1 N–H and O–H groups in total. The summed E-state index contributed by atoms with van der Waals surface area (Å²) in [6, 6.07) is 8.49. The van der Waals surface area contributed by atoms with Gasteiger partial charge in [0.15, 0.2) is 17.3 Å². The summed E-state index contributed by atoms with van der Waals surface area (Å²) < 4.78 is 12.0. The van der Waals surface area contributed by atoms with Crippen LogP contribution in [-0.2, 0) is 6.42 Å². The van der Waals surface area contributed by atoms with Crippen molar-refractivity contribution in [2.75, 3.05) is 19.1 Å². The monoisotopic (exact) mass is 452 g/mol. The minimum absolute atomic E-state index is 0.146. The van der Waals surface area contributed by atoms with Crippen molar-refractivity contribution >= 4 is 39.4 Å². The molecule has 144 valence electrons. The van der Waals surface area contributed by atoms with Gasteiger partial charge in [-0.15, -0.1) is 11.6 Å². The molecule has 27 heavy (non-hydrogen) atoms. The van der Waals surface area contributed by atoms with Gasteiger partial charge in [-0.2, -0.15) is 0 Å². The second-order valence-electron chi connectivity index (χ2n) is 5.68. The number of benzene rings is 2. The maximum absolute atomic E-state index is 12.5. The van der Waals surface area contributed by atoms with Crippen LogP contribution in [0.4, 0.5) is 0 Å². The van der Waals surface area contributed by atoms with E-state index in [2.05, 4.69) is 15.9 Å². The Morgan fingerprint density at radius 3 is 2.59 bits per heavy atom. The van der Waals surface area contributed by atoms with E-state index in [0.717, 1.165) is 10.0 Å². The van der Waals surface area contributed by atoms with Crippen LogP contribution >= 0.6 is 27.5 Å². The molecule has 0 aliphatic carbocycles. The van der Waals surface area contributed by atoms with Gasteiger partial charge in [0.05, 0.1) is 17.7 Å². The number of ether oxygens (including phenoxy) is 2. The number of carbonyl (C=O) groups is 1. The van der Waals surface area contributed by atoms with Gasteiger partial charge in [-0.1, -0.05) is 6.08 Å². The first-order chi connectivity index (χ1) is 13.0. The molecule has 2 rings (SSSR count). The molecule has 0 unspecified atom stereocenters. The van der Waals surface area contributed by atoms with Crippen LogP contribution in [0.1, 0.15) is 35.3 Å². The quantitative estimate of drug-likeness (QED) is 0.304. The predicted molar refractivity (Wildman–Crippen MR) is 112 cm³/mol. The van der Waals surface area contributed by atoms with E-state index in [4.69, 9.17) is 21.1 Å². The molecule has 0 amide bonds. The van der Waals surface area contributed by atoms with E-state index >= 15 is 0 Å². The normalized spacial score (nSPS) is 11.0. The van der Waals surface area contributed by atoms with Crippen LogP contribution in [0.15, 0.2) is 40.9 Å². The summed E-state index contributed by atoms with van der Waals surface area (Å²) in [4.78, 5) is 12.5. The fourth-order valence-electron chi connectivity index (χ4n) is 2.54. The Kier molecular flexibility index (Phi) is 8.20. The molecular weight excluding hydrogens is 432 g/mol. The van der Waals surface area contributed by atoms with Crippen molar-refractivity contribution in [2.24, 2.45) is 0 Å². The first kappa shape index (κ1) is 21.3. The van der Waals surface area contributed by atoms with Crippen LogP contribution < -0.4 is 9.47 Å². The number of halogens is 2. The van der Waals surface area contributed by atoms with E-state index in [9.17, 15) is 9.90 Å². The van der Waals surface area contributed by atoms with Gasteiger partial charge < -0.3 is 14.6 Å². The van der Waals surface area contributed by atoms with Gasteiger partial charge in [0.25, 0.3) is 0 Å². The zero-order chi connectivity index (χ0) is 19.8. The summed E-state index contributed by atoms with van der Waals surface area (Å²) in [5.74, 6) is 1.63. The van der Waals surface area contributed by atoms with Gasteiger partial charge in [-0.3, -0.25) is 4.79 Å². The van der Waals surface area contributed by atoms with Gasteiger partial charge in [-0.05, 0) is 83.7 Å². The van der Waals surface area contributed by atoms with Gasteiger partial charge in [0.1, 0.15) is 5.75 Å². The fraction of sp³-hybridized carbons (Fsp3) is 0.286. The molecule has 0 radical (unpaired) electrons. The summed E-state index contributed by atoms with van der Waals surface area (Å²) in [5, 5.41) is 9.82. The maximum Gasteiger partial charge on any atom is 0.185 e. The van der Waals surface area contributed by atoms with E-state index < -0.39 is 0 Å². The molecule has 0 saturated carbocycles. The predicted octanol–water partition coefficient (Wildman–Crippen LogP) is 5.63. The molecule has 2 aromatic rings. The molecule has 0 aromatic heterocycles. The molecule has 0 aliphatic heterocycles. The van der Waals surface area contributed by atoms with E-state index in [1.54, 1.807) is 18.2 Å². The number of allylic oxidation sites excluding steroid dienone is 1. The Balaban J connectivity index is 2.26. The van der Waals surface area contributed by atoms with Crippen LogP contribution in [-0.4, -0.2) is 30.0 Å². The minimum Gasteiger partial charge on any atom is -0.508 e. The lowest BCUT2D eigenvalue weighted by Gasteiger charge is -2.13. The number of hydrogen-bond donors (Lipinski definition) is 1. The first-order valence-electron chi connectivity index (χ1n) is 8.69. The standard InChI is InChI=1S/C21H22BrClO4/c1-3-26-20-12-14(11-17(22)21(20)27-4-2)5-7-18(24)15-6-8-19(25)16(13-15)9-10-23/h5-8,11-13,25H,3-4,9-10H2,1-2H3/b7-5+. The molecule has 0 fully saturated rings. The topological polar surface area (TPSA) is 55.8 Å². The van der Waals surface area contributed by atoms with Crippen molar-refractivity contribution in [2.45, 2.75) is 20.3 Å². The average Bonchev–Trinajstić information content (AvgIpc) is 2.64. The summed E-state index contributed by atoms with van der Waals surface area (Å²) in [7, 11) is 0. The van der Waals surface area contributed by atoms with Crippen molar-refractivity contribution in [3.63, 3.8) is 0 Å². The highest BCUT2D eigenvalue weighted by atomic mass is 79.9. The largest absolute Gasteiger partial charge is 0.508 e. The molecule has 6 heteroatoms. The maximum atomic E-state index is 12.5. The first-order valence-corrected chi connectivity index (χ1v) is 10.0. The SMILES string of the molecule is CCOc1cc(/C=C/C(=O)c2ccc(O)c(CCCl)c2)cc(Br)c1OCC. The van der Waals surface area contributed by atoms with E-state index in [-0.39, 0.29) is 11.5 Å². The van der Waals surface area contributed by atoms with Gasteiger partial charge in [0, 0.05) is 11.4 Å². The van der Waals surface area contributed by atoms with Crippen LogP contribution in [0.3, 0.4) is 0 Å². The second-order valence-corrected chi connectivity index (χ2v) is 6.91. The number of aromatic hydroxyl groups is 1. The van der Waals surface area contributed by atoms with Crippen molar-refractivity contribution in [1.82, 2.24) is 0 Å². The Bertz CT molecular complexity index is 833. The number of carbonyl (C=O) groups excluding carboxylic acids is 1. The van der Waals surface area contributed by atoms with Crippen LogP contribution in [0.2, 0.25) is 0 Å². The van der Waals surface area contributed by atoms with Crippen LogP contribution in [0.25, 0.3) is 6.08 Å². The molecule has 0 saturated heterocycles. The smallest absolute Gasteiger partial charge is 0.185 e. The fourth-order valence-corrected chi connectivity index (χ4v) is 3.32. The molecule has 0 bridgehead atoms. The zero-order valence-corrected chi connectivity index (χ0v) is 17.6. The van der Waals surface area contributed by atoms with Crippen LogP contribution in [0, 0.1) is 0 Å². The lowest BCUT2D eigenvalue weighted by molar-refractivity contribution is 0.104. The Morgan fingerprint density at radius 1 is 1.19 bits per heavy atom. The Labute approximate surface area is 172 Å². The highest BCUT2D eigenvalue weighted by Gasteiger charge is 2.12. The zero-order valence-electron chi connectivity index (χ0n) is 15.3. The number of phenolic OH excluding ortho intramolecular Hbond substituents is 1. The molecule has 0 spiro atoms. The minimum atomic E-state index is -0.159. The lowest BCUT2D eigenvalue weighted by atomic mass is 10.0. The third kappa shape index (κ3) is 5.75. The molecule has 0 aliphatic rings. The van der Waals surface area contributed by atoms with Crippen molar-refractivity contribution in [1.29, 1.82) is 0 Å². The lowest BCUT2D eigenvalue weighted by Crippen LogP contribution is -2.00. The number of alkyl halides is 1. The number of hydrogen-bond acceptors (Lipinski definition) is 4. The molecule has 0 heterocycles. The molecular formula is C21H22BrClO4. The van der Waals surface area contributed by atoms with Crippen molar-refractivity contribution < 1.29 is 19.4 Å². The number of aryl methyl sites for hydroxylation is 1. The van der Waals surface area contributed by atoms with Crippen molar-refractivity contribution in [3.8, 4) is 17.2 Å². The van der Waals surface area contributed by atoms with Gasteiger partial charge in [-0.25, -0.2) is 0 Å². The Morgan fingerprint density at radius 2 is 1.93 bits per heavy atom. The van der Waals surface area contributed by atoms with E-state index in [0.29, 0.717) is 48.1 Å². The van der Waals surface area contributed by atoms with Gasteiger partial charge in [0.2, 0.25) is 0 Å². The number of phenols is 1. The highest BCUT2D eigenvalue weighted by molar-refractivity contribution is 9.10. The Hall–Kier alpha value is -1.98. The summed E-state index contributed by atoms with van der Waals surface area (Å²) in [5.41, 5.74) is 1.97. The second kappa shape index (κ2) is 10.4. The molecule has 2 aromatic carbocycles. The molecule has 4 nitrogen and oxygen atoms in total. The number of ketones is 1. The van der Waals surface area contributed by atoms with E-state index in [1.165, 1.54) is 12.1 Å². The molecule has 0 atom stereocenters. The summed E-state index contributed by atoms with van der Waals surface area (Å²) in [6.07, 6.45) is 3.72. The highest BCUT2D eigenvalue weighted by Crippen LogP contribution is 2.37. The average molecular weight is 454 g/mol. The van der Waals surface area contributed by atoms with Gasteiger partial charge >= 0.3 is 0 Å². The van der Waals surface area contributed by atoms with E-state index in [1.807, 2.05) is 26.0 Å². The third-order valence-electron chi connectivity index (χ3n) is 3.78. The third-order valence-corrected chi connectivity index (χ3v) is 4.55. The summed E-state index contributed by atoms with van der Waals surface area (Å²) in [6.45, 7) is 4.84. The van der Waals surface area contributed by atoms with Crippen molar-refractivity contribution in [3.05, 3.63) is 57.6 Å². The van der Waals surface area contributed by atoms with Crippen LogP contribution in [0.5, 0.6) is 17.2 Å². The number of rotatable bonds is 9.